The van der Waals surface area contributed by atoms with Crippen molar-refractivity contribution in [3.05, 3.63) is 261 Å². The Hall–Kier alpha value is -7.77. The van der Waals surface area contributed by atoms with E-state index < -0.39 is 16.1 Å². The van der Waals surface area contributed by atoms with Crippen molar-refractivity contribution in [2.45, 2.75) is 0 Å². The van der Waals surface area contributed by atoms with Crippen molar-refractivity contribution >= 4 is 101 Å². The topological polar surface area (TPSA) is 18.1 Å². The van der Waals surface area contributed by atoms with Crippen molar-refractivity contribution in [2.24, 2.45) is 0 Å². The summed E-state index contributed by atoms with van der Waals surface area (Å²) in [5, 5.41) is 15.2. The minimum Gasteiger partial charge on any atom is -0.456 e. The minimum absolute atomic E-state index is 0.883. The molecular formula is C60H43NOSi2. The van der Waals surface area contributed by atoms with E-state index in [0.29, 0.717) is 0 Å². The van der Waals surface area contributed by atoms with E-state index in [1.807, 2.05) is 0 Å². The first-order chi connectivity index (χ1) is 31.8. The Morgan fingerprint density at radius 1 is 0.281 bits per heavy atom. The van der Waals surface area contributed by atoms with Crippen molar-refractivity contribution in [1.29, 1.82) is 0 Å². The van der Waals surface area contributed by atoms with Gasteiger partial charge in [-0.2, -0.15) is 0 Å². The lowest BCUT2D eigenvalue weighted by Crippen LogP contribution is -2.74. The van der Waals surface area contributed by atoms with Gasteiger partial charge in [-0.05, 0) is 71.8 Å². The highest BCUT2D eigenvalue weighted by atomic mass is 28.3. The third-order valence-electron chi connectivity index (χ3n) is 13.5. The molecule has 0 atom stereocenters. The monoisotopic (exact) mass is 849 g/mol. The molecule has 0 unspecified atom stereocenters. The summed E-state index contributed by atoms with van der Waals surface area (Å²) < 4.78 is 9.91. The molecule has 0 bridgehead atoms. The zero-order valence-corrected chi connectivity index (χ0v) is 37.2. The third-order valence-corrected chi connectivity index (χ3v) is 23.0. The second-order valence-electron chi connectivity index (χ2n) is 16.7. The van der Waals surface area contributed by atoms with Crippen LogP contribution in [0.15, 0.2) is 265 Å². The number of aromatic nitrogens is 1. The summed E-state index contributed by atoms with van der Waals surface area (Å²) in [6.45, 7) is 0. The van der Waals surface area contributed by atoms with Gasteiger partial charge in [-0.3, -0.25) is 0 Å². The fourth-order valence-electron chi connectivity index (χ4n) is 10.8. The van der Waals surface area contributed by atoms with E-state index in [1.165, 1.54) is 63.3 Å². The van der Waals surface area contributed by atoms with Crippen LogP contribution < -0.4 is 41.5 Å². The lowest BCUT2D eigenvalue weighted by atomic mass is 10.1. The second kappa shape index (κ2) is 15.5. The van der Waals surface area contributed by atoms with Gasteiger partial charge < -0.3 is 8.98 Å². The molecule has 0 spiro atoms. The van der Waals surface area contributed by atoms with Crippen LogP contribution in [0.5, 0.6) is 0 Å². The Kier molecular flexibility index (Phi) is 9.22. The minimum atomic E-state index is -3.11. The molecule has 64 heavy (non-hydrogen) atoms. The number of hydrogen-bond acceptors (Lipinski definition) is 1. The Balaban J connectivity index is 1.26. The lowest BCUT2D eigenvalue weighted by molar-refractivity contribution is 0.671. The maximum atomic E-state index is 7.43. The molecule has 0 saturated heterocycles. The Morgan fingerprint density at radius 3 is 1.08 bits per heavy atom. The molecule has 2 aromatic heterocycles. The van der Waals surface area contributed by atoms with E-state index in [9.17, 15) is 0 Å². The van der Waals surface area contributed by atoms with E-state index in [4.69, 9.17) is 4.42 Å². The van der Waals surface area contributed by atoms with Crippen LogP contribution in [0.25, 0.3) is 49.4 Å². The fourth-order valence-corrected chi connectivity index (χ4v) is 20.5. The molecule has 10 aromatic carbocycles. The van der Waals surface area contributed by atoms with E-state index in [0.717, 1.165) is 27.6 Å². The largest absolute Gasteiger partial charge is 0.456 e. The number of hydrogen-bond donors (Lipinski definition) is 0. The van der Waals surface area contributed by atoms with Gasteiger partial charge in [0, 0.05) is 27.2 Å². The van der Waals surface area contributed by atoms with E-state index in [-0.39, 0.29) is 0 Å². The van der Waals surface area contributed by atoms with Crippen LogP contribution in [0.4, 0.5) is 0 Å². The van der Waals surface area contributed by atoms with Crippen LogP contribution in [0, 0.1) is 0 Å². The normalized spacial score (nSPS) is 12.1. The van der Waals surface area contributed by atoms with Crippen molar-refractivity contribution < 1.29 is 4.42 Å². The van der Waals surface area contributed by atoms with Gasteiger partial charge in [-0.15, -0.1) is 0 Å². The summed E-state index contributed by atoms with van der Waals surface area (Å²) in [7, 11) is -5.98. The van der Waals surface area contributed by atoms with Crippen molar-refractivity contribution in [3.8, 4) is 5.69 Å². The maximum absolute atomic E-state index is 7.43. The summed E-state index contributed by atoms with van der Waals surface area (Å²) in [6.07, 6.45) is 0. The molecule has 4 heteroatoms. The SMILES string of the molecule is c1ccc([Si](c2ccccc2)(c2ccccc2)c2ccc3oc4c([Si](c5ccccc5)(c5ccccc5)c5ccccc5)cc(-n5c6ccccc6c6ccccc65)cc4c3c2)cc1. The summed E-state index contributed by atoms with van der Waals surface area (Å²) in [5.74, 6) is 0. The summed E-state index contributed by atoms with van der Waals surface area (Å²) in [5.41, 5.74) is 5.29. The molecule has 2 heterocycles. The molecule has 0 aliphatic rings. The Morgan fingerprint density at radius 2 is 0.656 bits per heavy atom. The fraction of sp³-hybridized carbons (Fsp3) is 0. The van der Waals surface area contributed by atoms with Gasteiger partial charge in [-0.25, -0.2) is 0 Å². The molecule has 0 aliphatic heterocycles. The van der Waals surface area contributed by atoms with Crippen LogP contribution in [0.3, 0.4) is 0 Å². The first kappa shape index (κ1) is 38.0. The van der Waals surface area contributed by atoms with Crippen LogP contribution in [0.1, 0.15) is 0 Å². The molecular weight excluding hydrogens is 807 g/mol. The summed E-state index contributed by atoms with van der Waals surface area (Å²) >= 11 is 0. The predicted molar refractivity (Wildman–Crippen MR) is 275 cm³/mol. The van der Waals surface area contributed by atoms with Gasteiger partial charge >= 0.3 is 0 Å². The molecule has 0 fully saturated rings. The number of fused-ring (bicyclic) bond motifs is 6. The van der Waals surface area contributed by atoms with E-state index >= 15 is 0 Å². The first-order valence-electron chi connectivity index (χ1n) is 22.1. The van der Waals surface area contributed by atoms with Gasteiger partial charge in [0.25, 0.3) is 0 Å². The van der Waals surface area contributed by atoms with Gasteiger partial charge in [0.15, 0.2) is 16.1 Å². The molecule has 2 nitrogen and oxygen atoms in total. The number of nitrogens with zero attached hydrogens (tertiary/aromatic N) is 1. The van der Waals surface area contributed by atoms with Crippen LogP contribution in [0.2, 0.25) is 0 Å². The highest BCUT2D eigenvalue weighted by Crippen LogP contribution is 2.36. The van der Waals surface area contributed by atoms with Crippen molar-refractivity contribution in [3.63, 3.8) is 0 Å². The molecule has 12 rings (SSSR count). The highest BCUT2D eigenvalue weighted by molar-refractivity contribution is 7.21. The molecule has 0 saturated carbocycles. The zero-order chi connectivity index (χ0) is 42.5. The van der Waals surface area contributed by atoms with Crippen molar-refractivity contribution in [2.75, 3.05) is 0 Å². The van der Waals surface area contributed by atoms with Crippen LogP contribution >= 0.6 is 0 Å². The quantitative estimate of drug-likeness (QED) is 0.105. The standard InChI is InChI=1S/C60H43NOSi2/c1-7-23-45(24-8-1)63(46-25-9-2-10-26-46,47-27-11-3-12-28-47)51-39-40-58-54(43-51)55-41-44(61-56-37-21-19-35-52(56)53-36-20-22-38-57(53)61)42-59(60(55)62-58)64(48-29-13-4-14-30-48,49-31-15-5-16-32-49)50-33-17-6-18-34-50/h1-43H. The van der Waals surface area contributed by atoms with Crippen LogP contribution in [-0.4, -0.2) is 20.7 Å². The van der Waals surface area contributed by atoms with E-state index in [2.05, 4.69) is 265 Å². The second-order valence-corrected chi connectivity index (χ2v) is 24.3. The van der Waals surface area contributed by atoms with Gasteiger partial charge in [-0.1, -0.05) is 231 Å². The average Bonchev–Trinajstić information content (AvgIpc) is 3.92. The Labute approximate surface area is 375 Å². The molecule has 0 N–H and O–H groups in total. The number of para-hydroxylation sites is 2. The van der Waals surface area contributed by atoms with E-state index in [1.54, 1.807) is 0 Å². The molecule has 302 valence electrons. The first-order valence-corrected chi connectivity index (χ1v) is 26.1. The zero-order valence-electron chi connectivity index (χ0n) is 35.2. The van der Waals surface area contributed by atoms with Gasteiger partial charge in [0.1, 0.15) is 11.2 Å². The smallest absolute Gasteiger partial charge is 0.184 e. The summed E-state index contributed by atoms with van der Waals surface area (Å²) in [6, 6.07) is 96.8. The van der Waals surface area contributed by atoms with Crippen LogP contribution in [-0.2, 0) is 0 Å². The third kappa shape index (κ3) is 5.77. The highest BCUT2D eigenvalue weighted by Gasteiger charge is 2.45. The van der Waals surface area contributed by atoms with Gasteiger partial charge in [0.05, 0.1) is 11.0 Å². The molecule has 0 aliphatic carbocycles. The predicted octanol–water partition coefficient (Wildman–Crippen LogP) is 9.44. The maximum Gasteiger partial charge on any atom is 0.184 e. The Bertz CT molecular complexity index is 3340. The lowest BCUT2D eigenvalue weighted by Gasteiger charge is -2.34. The summed E-state index contributed by atoms with van der Waals surface area (Å²) in [4.78, 5) is 0. The number of furan rings is 1. The molecule has 0 radical (unpaired) electrons. The van der Waals surface area contributed by atoms with Crippen molar-refractivity contribution in [1.82, 2.24) is 4.57 Å². The average molecular weight is 850 g/mol. The molecule has 0 amide bonds. The van der Waals surface area contributed by atoms with Gasteiger partial charge in [0.2, 0.25) is 0 Å². The molecule has 12 aromatic rings. The number of benzene rings is 10. The number of rotatable bonds is 9.